The molecule has 0 aliphatic carbocycles. The van der Waals surface area contributed by atoms with Crippen molar-refractivity contribution in [2.24, 2.45) is 0 Å². The first kappa shape index (κ1) is 13.9. The summed E-state index contributed by atoms with van der Waals surface area (Å²) < 4.78 is 1.57. The van der Waals surface area contributed by atoms with Crippen LogP contribution in [0.4, 0.5) is 0 Å². The van der Waals surface area contributed by atoms with Crippen LogP contribution in [-0.2, 0) is 6.42 Å². The first-order valence-corrected chi connectivity index (χ1v) is 6.90. The molecule has 0 radical (unpaired) electrons. The minimum Gasteiger partial charge on any atom is -0.478 e. The van der Waals surface area contributed by atoms with Gasteiger partial charge in [0, 0.05) is 6.42 Å². The first-order valence-electron chi connectivity index (χ1n) is 6.90. The highest BCUT2D eigenvalue weighted by atomic mass is 16.4. The van der Waals surface area contributed by atoms with Crippen molar-refractivity contribution >= 4 is 5.97 Å². The van der Waals surface area contributed by atoms with E-state index in [0.29, 0.717) is 17.9 Å². The molecule has 0 unspecified atom stereocenters. The number of tetrazole rings is 1. The third kappa shape index (κ3) is 2.58. The van der Waals surface area contributed by atoms with Gasteiger partial charge in [-0.25, -0.2) is 4.79 Å². The summed E-state index contributed by atoms with van der Waals surface area (Å²) >= 11 is 0. The van der Waals surface area contributed by atoms with Crippen LogP contribution in [0.3, 0.4) is 0 Å². The van der Waals surface area contributed by atoms with Crippen LogP contribution in [0.5, 0.6) is 0 Å². The normalized spacial score (nSPS) is 10.6. The summed E-state index contributed by atoms with van der Waals surface area (Å²) in [7, 11) is 0. The van der Waals surface area contributed by atoms with Gasteiger partial charge >= 0.3 is 5.97 Å². The Morgan fingerprint density at radius 2 is 1.91 bits per heavy atom. The van der Waals surface area contributed by atoms with Gasteiger partial charge in [0.05, 0.1) is 11.3 Å². The van der Waals surface area contributed by atoms with Gasteiger partial charge in [0.15, 0.2) is 5.82 Å². The Hall–Kier alpha value is -3.02. The maximum Gasteiger partial charge on any atom is 0.335 e. The van der Waals surface area contributed by atoms with E-state index in [1.807, 2.05) is 43.3 Å². The lowest BCUT2D eigenvalue weighted by molar-refractivity contribution is 0.0697. The predicted molar refractivity (Wildman–Crippen MR) is 80.9 cm³/mol. The van der Waals surface area contributed by atoms with Crippen LogP contribution in [0.1, 0.15) is 23.1 Å². The second-order valence-corrected chi connectivity index (χ2v) is 4.80. The zero-order valence-corrected chi connectivity index (χ0v) is 12.0. The monoisotopic (exact) mass is 294 g/mol. The third-order valence-corrected chi connectivity index (χ3v) is 3.37. The van der Waals surface area contributed by atoms with E-state index in [4.69, 9.17) is 0 Å². The Balaban J connectivity index is 2.19. The summed E-state index contributed by atoms with van der Waals surface area (Å²) in [5, 5.41) is 20.9. The van der Waals surface area contributed by atoms with E-state index in [1.54, 1.807) is 16.8 Å². The van der Waals surface area contributed by atoms with Crippen LogP contribution in [0, 0.1) is 0 Å². The highest BCUT2D eigenvalue weighted by Crippen LogP contribution is 2.24. The van der Waals surface area contributed by atoms with E-state index < -0.39 is 5.97 Å². The van der Waals surface area contributed by atoms with Gasteiger partial charge in [-0.2, -0.15) is 4.68 Å². The third-order valence-electron chi connectivity index (χ3n) is 3.37. The molecule has 0 atom stereocenters. The molecule has 3 rings (SSSR count). The molecule has 0 spiro atoms. The van der Waals surface area contributed by atoms with Crippen LogP contribution in [0.2, 0.25) is 0 Å². The van der Waals surface area contributed by atoms with Crippen molar-refractivity contribution in [1.82, 2.24) is 20.2 Å². The molecule has 0 saturated carbocycles. The van der Waals surface area contributed by atoms with E-state index in [-0.39, 0.29) is 5.56 Å². The Labute approximate surface area is 127 Å². The first-order chi connectivity index (χ1) is 10.7. The van der Waals surface area contributed by atoms with Crippen molar-refractivity contribution in [3.63, 3.8) is 0 Å². The number of rotatable bonds is 4. The fourth-order valence-electron chi connectivity index (χ4n) is 2.28. The van der Waals surface area contributed by atoms with Crippen LogP contribution < -0.4 is 0 Å². The molecule has 6 nitrogen and oxygen atoms in total. The zero-order chi connectivity index (χ0) is 15.5. The number of carboxylic acid groups (broad SMARTS) is 1. The van der Waals surface area contributed by atoms with Gasteiger partial charge in [0.2, 0.25) is 0 Å². The maximum atomic E-state index is 11.4. The van der Waals surface area contributed by atoms with Crippen molar-refractivity contribution in [2.75, 3.05) is 0 Å². The fraction of sp³-hybridized carbons (Fsp3) is 0.125. The van der Waals surface area contributed by atoms with E-state index in [2.05, 4.69) is 15.5 Å². The molecule has 1 N–H and O–H groups in total. The topological polar surface area (TPSA) is 80.9 Å². The molecule has 0 aliphatic heterocycles. The van der Waals surface area contributed by atoms with E-state index in [9.17, 15) is 9.90 Å². The van der Waals surface area contributed by atoms with Crippen LogP contribution in [0.25, 0.3) is 16.8 Å². The van der Waals surface area contributed by atoms with Crippen molar-refractivity contribution in [2.45, 2.75) is 13.3 Å². The van der Waals surface area contributed by atoms with Crippen molar-refractivity contribution in [3.05, 3.63) is 59.9 Å². The molecular weight excluding hydrogens is 280 g/mol. The van der Waals surface area contributed by atoms with Crippen LogP contribution >= 0.6 is 0 Å². The number of nitrogens with zero attached hydrogens (tertiary/aromatic N) is 4. The van der Waals surface area contributed by atoms with Gasteiger partial charge in [-0.1, -0.05) is 37.3 Å². The summed E-state index contributed by atoms with van der Waals surface area (Å²) in [4.78, 5) is 11.4. The molecule has 2 aromatic carbocycles. The molecule has 6 heteroatoms. The van der Waals surface area contributed by atoms with Gasteiger partial charge in [-0.05, 0) is 39.8 Å². The number of hydrogen-bond donors (Lipinski definition) is 1. The molecule has 0 saturated heterocycles. The molecule has 3 aromatic rings. The molecule has 0 amide bonds. The number of carbonyl (C=O) groups is 1. The lowest BCUT2D eigenvalue weighted by atomic mass is 10.0. The summed E-state index contributed by atoms with van der Waals surface area (Å²) in [5.41, 5.74) is 2.60. The van der Waals surface area contributed by atoms with Crippen molar-refractivity contribution < 1.29 is 9.90 Å². The number of benzene rings is 2. The van der Waals surface area contributed by atoms with E-state index >= 15 is 0 Å². The molecule has 1 heterocycles. The summed E-state index contributed by atoms with van der Waals surface area (Å²) in [5.74, 6) is -0.299. The average Bonchev–Trinajstić information content (AvgIpc) is 3.04. The molecule has 22 heavy (non-hydrogen) atoms. The van der Waals surface area contributed by atoms with E-state index in [1.165, 1.54) is 0 Å². The summed E-state index contributed by atoms with van der Waals surface area (Å²) in [6, 6.07) is 14.7. The smallest absolute Gasteiger partial charge is 0.335 e. The molecular formula is C16H14N4O2. The number of carboxylic acids is 1. The number of hydrogen-bond acceptors (Lipinski definition) is 4. The highest BCUT2D eigenvalue weighted by Gasteiger charge is 2.12. The Kier molecular flexibility index (Phi) is 3.65. The average molecular weight is 294 g/mol. The Bertz CT molecular complexity index is 812. The van der Waals surface area contributed by atoms with Crippen LogP contribution in [0.15, 0.2) is 48.5 Å². The molecule has 1 aromatic heterocycles. The largest absolute Gasteiger partial charge is 0.478 e. The van der Waals surface area contributed by atoms with Crippen molar-refractivity contribution in [1.29, 1.82) is 0 Å². The quantitative estimate of drug-likeness (QED) is 0.800. The van der Waals surface area contributed by atoms with Gasteiger partial charge in [-0.3, -0.25) is 0 Å². The Morgan fingerprint density at radius 1 is 1.14 bits per heavy atom. The lowest BCUT2D eigenvalue weighted by Crippen LogP contribution is -2.05. The van der Waals surface area contributed by atoms with Gasteiger partial charge in [0.1, 0.15) is 0 Å². The zero-order valence-electron chi connectivity index (χ0n) is 12.0. The SMILES string of the molecule is CCc1nnnn1-c1cc(C(=O)O)cc(-c2ccccc2)c1. The standard InChI is InChI=1S/C16H14N4O2/c1-2-15-17-18-19-20(15)14-9-12(8-13(10-14)16(21)22)11-6-4-3-5-7-11/h3-10H,2H2,1H3,(H,21,22). The summed E-state index contributed by atoms with van der Waals surface area (Å²) in [6.45, 7) is 1.95. The second-order valence-electron chi connectivity index (χ2n) is 4.80. The minimum absolute atomic E-state index is 0.203. The highest BCUT2D eigenvalue weighted by molar-refractivity contribution is 5.90. The molecule has 110 valence electrons. The van der Waals surface area contributed by atoms with Crippen molar-refractivity contribution in [3.8, 4) is 16.8 Å². The van der Waals surface area contributed by atoms with Gasteiger partial charge < -0.3 is 5.11 Å². The minimum atomic E-state index is -0.981. The number of aryl methyl sites for hydroxylation is 1. The molecule has 0 fully saturated rings. The van der Waals surface area contributed by atoms with Gasteiger partial charge in [0.25, 0.3) is 0 Å². The van der Waals surface area contributed by atoms with E-state index in [0.717, 1.165) is 11.1 Å². The maximum absolute atomic E-state index is 11.4. The second kappa shape index (κ2) is 5.77. The van der Waals surface area contributed by atoms with Gasteiger partial charge in [-0.15, -0.1) is 5.10 Å². The molecule has 0 bridgehead atoms. The fourth-order valence-corrected chi connectivity index (χ4v) is 2.28. The van der Waals surface area contributed by atoms with Crippen LogP contribution in [-0.4, -0.2) is 31.3 Å². The number of aromatic carboxylic acids is 1. The Morgan fingerprint density at radius 3 is 2.59 bits per heavy atom. The predicted octanol–water partition coefficient (Wildman–Crippen LogP) is 2.59. The lowest BCUT2D eigenvalue weighted by Gasteiger charge is -2.09. The molecule has 0 aliphatic rings. The number of aromatic nitrogens is 4. The summed E-state index contributed by atoms with van der Waals surface area (Å²) in [6.07, 6.45) is 0.658.